The van der Waals surface area contributed by atoms with Gasteiger partial charge < -0.3 is 9.64 Å². The molecule has 3 fully saturated rings. The second-order valence-electron chi connectivity index (χ2n) is 9.27. The Morgan fingerprint density at radius 2 is 2.11 bits per heavy atom. The quantitative estimate of drug-likeness (QED) is 0.645. The monoisotopic (exact) mass is 446 g/mol. The minimum atomic E-state index is -0.0506. The molecule has 0 aromatic heterocycles. The molecular weight excluding hydrogens is 416 g/mol. The standard InChI is InChI=1S/C23H31BrN2O2/c1-4-22-9-6-11-25-12-10-23(21(22)25)17-13-15(24)7-8-18(17)26(5-2)19(23)16(14-22)20(27)28-3/h7-8,13,16,19,21H,4-6,9-12,14H2,1-3H3/t16-,19-,21-,22-,23-/m0/s1. The maximum absolute atomic E-state index is 13.1. The van der Waals surface area contributed by atoms with Crippen LogP contribution in [0.1, 0.15) is 51.5 Å². The predicted octanol–water partition coefficient (Wildman–Crippen LogP) is 4.35. The van der Waals surface area contributed by atoms with Crippen molar-refractivity contribution in [3.05, 3.63) is 28.2 Å². The number of rotatable bonds is 3. The van der Waals surface area contributed by atoms with Gasteiger partial charge in [-0.25, -0.2) is 0 Å². The van der Waals surface area contributed by atoms with Crippen LogP contribution in [0.2, 0.25) is 0 Å². The molecule has 152 valence electrons. The van der Waals surface area contributed by atoms with Crippen LogP contribution in [-0.4, -0.2) is 49.7 Å². The predicted molar refractivity (Wildman–Crippen MR) is 115 cm³/mol. The van der Waals surface area contributed by atoms with E-state index in [-0.39, 0.29) is 28.8 Å². The zero-order chi connectivity index (χ0) is 19.7. The van der Waals surface area contributed by atoms with Gasteiger partial charge in [0.25, 0.3) is 0 Å². The molecule has 5 atom stereocenters. The molecule has 5 rings (SSSR count). The molecule has 2 saturated heterocycles. The molecule has 0 bridgehead atoms. The largest absolute Gasteiger partial charge is 0.469 e. The fourth-order valence-corrected chi connectivity index (χ4v) is 8.12. The van der Waals surface area contributed by atoms with Crippen molar-refractivity contribution in [2.24, 2.45) is 11.3 Å². The van der Waals surface area contributed by atoms with Gasteiger partial charge in [0.2, 0.25) is 0 Å². The molecule has 0 unspecified atom stereocenters. The van der Waals surface area contributed by atoms with Crippen LogP contribution < -0.4 is 4.90 Å². The molecule has 0 radical (unpaired) electrons. The van der Waals surface area contributed by atoms with E-state index in [2.05, 4.69) is 57.8 Å². The van der Waals surface area contributed by atoms with Crippen molar-refractivity contribution < 1.29 is 9.53 Å². The highest BCUT2D eigenvalue weighted by Crippen LogP contribution is 2.67. The van der Waals surface area contributed by atoms with Crippen molar-refractivity contribution in [2.45, 2.75) is 63.5 Å². The second kappa shape index (κ2) is 6.46. The van der Waals surface area contributed by atoms with E-state index in [1.54, 1.807) is 7.11 Å². The summed E-state index contributed by atoms with van der Waals surface area (Å²) in [7, 11) is 1.57. The summed E-state index contributed by atoms with van der Waals surface area (Å²) in [6.07, 6.45) is 5.75. The Morgan fingerprint density at radius 3 is 2.82 bits per heavy atom. The number of nitrogens with zero attached hydrogens (tertiary/aromatic N) is 2. The van der Waals surface area contributed by atoms with E-state index >= 15 is 0 Å². The van der Waals surface area contributed by atoms with Gasteiger partial charge in [0.05, 0.1) is 19.1 Å². The molecule has 3 heterocycles. The molecule has 4 aliphatic rings. The van der Waals surface area contributed by atoms with Crippen molar-refractivity contribution in [3.8, 4) is 0 Å². The highest BCUT2D eigenvalue weighted by molar-refractivity contribution is 9.10. The summed E-state index contributed by atoms with van der Waals surface area (Å²) in [6, 6.07) is 7.53. The van der Waals surface area contributed by atoms with Gasteiger partial charge in [-0.3, -0.25) is 9.69 Å². The molecule has 4 nitrogen and oxygen atoms in total. The lowest BCUT2D eigenvalue weighted by Crippen LogP contribution is -2.68. The number of halogens is 1. The third-order valence-electron chi connectivity index (χ3n) is 8.56. The fourth-order valence-electron chi connectivity index (χ4n) is 7.76. The third-order valence-corrected chi connectivity index (χ3v) is 9.05. The molecular formula is C23H31BrN2O2. The first-order valence-corrected chi connectivity index (χ1v) is 11.7. The fraction of sp³-hybridized carbons (Fsp3) is 0.696. The summed E-state index contributed by atoms with van der Waals surface area (Å²) in [5.74, 6) is -0.0598. The third kappa shape index (κ3) is 2.18. The van der Waals surface area contributed by atoms with Crippen LogP contribution in [0.4, 0.5) is 5.69 Å². The van der Waals surface area contributed by atoms with E-state index in [9.17, 15) is 4.79 Å². The van der Waals surface area contributed by atoms with E-state index in [1.165, 1.54) is 30.6 Å². The van der Waals surface area contributed by atoms with Crippen LogP contribution in [0.3, 0.4) is 0 Å². The van der Waals surface area contributed by atoms with Gasteiger partial charge in [-0.1, -0.05) is 22.9 Å². The van der Waals surface area contributed by atoms with E-state index in [4.69, 9.17) is 4.74 Å². The smallest absolute Gasteiger partial charge is 0.310 e. The Kier molecular flexibility index (Phi) is 4.37. The molecule has 0 N–H and O–H groups in total. The van der Waals surface area contributed by atoms with Gasteiger partial charge >= 0.3 is 5.97 Å². The number of fused-ring (bicyclic) bond motifs is 1. The number of esters is 1. The van der Waals surface area contributed by atoms with Crippen molar-refractivity contribution in [1.29, 1.82) is 0 Å². The number of anilines is 1. The summed E-state index contributed by atoms with van der Waals surface area (Å²) >= 11 is 3.74. The number of likely N-dealkylation sites (N-methyl/N-ethyl adjacent to an activating group) is 1. The van der Waals surface area contributed by atoms with Crippen LogP contribution in [0, 0.1) is 11.3 Å². The number of carbonyl (C=O) groups is 1. The number of methoxy groups -OCH3 is 1. The molecule has 1 aromatic carbocycles. The number of carbonyl (C=O) groups excluding carboxylic acids is 1. The van der Waals surface area contributed by atoms with E-state index in [0.717, 1.165) is 36.8 Å². The highest BCUT2D eigenvalue weighted by Gasteiger charge is 2.71. The second-order valence-corrected chi connectivity index (χ2v) is 10.2. The number of ether oxygens (including phenoxy) is 1. The first-order chi connectivity index (χ1) is 13.5. The Hall–Kier alpha value is -1.07. The highest BCUT2D eigenvalue weighted by atomic mass is 79.9. The molecule has 5 heteroatoms. The minimum absolute atomic E-state index is 0.00926. The maximum atomic E-state index is 13.1. The van der Waals surface area contributed by atoms with Crippen molar-refractivity contribution in [3.63, 3.8) is 0 Å². The summed E-state index contributed by atoms with van der Waals surface area (Å²) in [4.78, 5) is 18.4. The molecule has 1 aliphatic carbocycles. The number of hydrogen-bond acceptors (Lipinski definition) is 4. The van der Waals surface area contributed by atoms with Crippen LogP contribution in [0.5, 0.6) is 0 Å². The van der Waals surface area contributed by atoms with Gasteiger partial charge in [0.15, 0.2) is 0 Å². The Morgan fingerprint density at radius 1 is 1.29 bits per heavy atom. The van der Waals surface area contributed by atoms with Gasteiger partial charge in [-0.2, -0.15) is 0 Å². The van der Waals surface area contributed by atoms with Gasteiger partial charge in [0, 0.05) is 28.2 Å². The average molecular weight is 447 g/mol. The van der Waals surface area contributed by atoms with Crippen LogP contribution in [0.15, 0.2) is 22.7 Å². The molecule has 1 saturated carbocycles. The summed E-state index contributed by atoms with van der Waals surface area (Å²) in [6.45, 7) is 7.87. The Labute approximate surface area is 176 Å². The molecule has 28 heavy (non-hydrogen) atoms. The average Bonchev–Trinajstić information content (AvgIpc) is 3.24. The van der Waals surface area contributed by atoms with Crippen LogP contribution in [-0.2, 0) is 14.9 Å². The van der Waals surface area contributed by atoms with Crippen LogP contribution in [0.25, 0.3) is 0 Å². The zero-order valence-corrected chi connectivity index (χ0v) is 18.8. The Balaban J connectivity index is 1.78. The molecule has 1 aromatic rings. The first-order valence-electron chi connectivity index (χ1n) is 10.9. The first kappa shape index (κ1) is 18.9. The van der Waals surface area contributed by atoms with Gasteiger partial charge in [-0.15, -0.1) is 0 Å². The zero-order valence-electron chi connectivity index (χ0n) is 17.2. The SMILES string of the molecule is CCN1c2ccc(Br)cc2[C@@]23CCN4CCC[C@@](CC)(C[C@H](C(=O)OC)[C@H]12)[C@H]43. The maximum Gasteiger partial charge on any atom is 0.310 e. The van der Waals surface area contributed by atoms with Crippen molar-refractivity contribution in [2.75, 3.05) is 31.6 Å². The summed E-state index contributed by atoms with van der Waals surface area (Å²) in [5.41, 5.74) is 3.05. The molecule has 0 amide bonds. The van der Waals surface area contributed by atoms with Crippen molar-refractivity contribution in [1.82, 2.24) is 4.90 Å². The lowest BCUT2D eigenvalue weighted by Gasteiger charge is -2.60. The summed E-state index contributed by atoms with van der Waals surface area (Å²) in [5, 5.41) is 0. The minimum Gasteiger partial charge on any atom is -0.469 e. The van der Waals surface area contributed by atoms with Crippen LogP contribution >= 0.6 is 15.9 Å². The lowest BCUT2D eigenvalue weighted by molar-refractivity contribution is -0.154. The van der Waals surface area contributed by atoms with E-state index in [0.29, 0.717) is 6.04 Å². The van der Waals surface area contributed by atoms with E-state index < -0.39 is 0 Å². The number of hydrogen-bond donors (Lipinski definition) is 0. The van der Waals surface area contributed by atoms with Gasteiger partial charge in [-0.05, 0) is 81.3 Å². The number of benzene rings is 1. The van der Waals surface area contributed by atoms with Gasteiger partial charge in [0.1, 0.15) is 0 Å². The lowest BCUT2D eigenvalue weighted by atomic mass is 9.49. The normalized spacial score (nSPS) is 38.7. The molecule has 1 spiro atoms. The molecule has 3 aliphatic heterocycles. The Bertz CT molecular complexity index is 814. The summed E-state index contributed by atoms with van der Waals surface area (Å²) < 4.78 is 6.54. The van der Waals surface area contributed by atoms with E-state index in [1.807, 2.05) is 0 Å². The number of piperidine rings is 1. The topological polar surface area (TPSA) is 32.8 Å². The van der Waals surface area contributed by atoms with Crippen molar-refractivity contribution >= 4 is 27.6 Å².